The van der Waals surface area contributed by atoms with E-state index in [1.165, 1.54) is 23.9 Å². The van der Waals surface area contributed by atoms with Crippen molar-refractivity contribution in [2.24, 2.45) is 11.8 Å². The van der Waals surface area contributed by atoms with E-state index in [0.717, 1.165) is 64.7 Å². The number of rotatable bonds is 9. The average Bonchev–Trinajstić information content (AvgIpc) is 3.84. The van der Waals surface area contributed by atoms with Gasteiger partial charge in [-0.2, -0.15) is 12.6 Å². The molecule has 220 valence electrons. The van der Waals surface area contributed by atoms with Crippen LogP contribution in [-0.2, 0) is 14.4 Å². The third-order valence-corrected chi connectivity index (χ3v) is 9.79. The number of hydrogen-bond acceptors (Lipinski definition) is 7. The molecule has 5 nitrogen and oxygen atoms in total. The summed E-state index contributed by atoms with van der Waals surface area (Å²) < 4.78 is 28.2. The van der Waals surface area contributed by atoms with Crippen molar-refractivity contribution in [1.29, 1.82) is 0 Å². The van der Waals surface area contributed by atoms with Gasteiger partial charge in [0.1, 0.15) is 11.6 Å². The summed E-state index contributed by atoms with van der Waals surface area (Å²) >= 11 is 5.76. The van der Waals surface area contributed by atoms with Crippen molar-refractivity contribution in [3.05, 3.63) is 71.3 Å². The van der Waals surface area contributed by atoms with E-state index in [1.54, 1.807) is 43.3 Å². The summed E-state index contributed by atoms with van der Waals surface area (Å²) in [4.78, 5) is 40.5. The molecule has 41 heavy (non-hydrogen) atoms. The SMILES string of the molecule is CC(=O)SC1CCN(C(C(=O)C2CC2)c2ccccc2F)CC1.O=C(C1CC1)C(c1ccccc1F)N1CC(S)C1. The third-order valence-electron chi connectivity index (χ3n) is 8.33. The Bertz CT molecular complexity index is 1260. The number of Topliss-reactive ketones (excluding diaryl/α,β-unsaturated/α-hetero) is 2. The first kappa shape index (κ1) is 30.4. The van der Waals surface area contributed by atoms with Gasteiger partial charge < -0.3 is 0 Å². The van der Waals surface area contributed by atoms with E-state index in [2.05, 4.69) is 17.5 Å². The molecule has 2 aromatic rings. The minimum absolute atomic E-state index is 0.101. The average molecular weight is 601 g/mol. The highest BCUT2D eigenvalue weighted by Gasteiger charge is 2.43. The van der Waals surface area contributed by atoms with Crippen LogP contribution in [0, 0.1) is 23.5 Å². The van der Waals surface area contributed by atoms with Gasteiger partial charge in [0.15, 0.2) is 16.7 Å². The zero-order valence-electron chi connectivity index (χ0n) is 23.4. The van der Waals surface area contributed by atoms with Crippen molar-refractivity contribution in [2.75, 3.05) is 26.2 Å². The predicted molar refractivity (Wildman–Crippen MR) is 161 cm³/mol. The lowest BCUT2D eigenvalue weighted by molar-refractivity contribution is -0.127. The topological polar surface area (TPSA) is 57.7 Å². The van der Waals surface area contributed by atoms with E-state index in [0.29, 0.717) is 21.6 Å². The van der Waals surface area contributed by atoms with Gasteiger partial charge in [-0.1, -0.05) is 48.2 Å². The Balaban J connectivity index is 0.000000169. The maximum atomic E-state index is 14.3. The van der Waals surface area contributed by atoms with Crippen LogP contribution in [0.1, 0.15) is 68.7 Å². The lowest BCUT2D eigenvalue weighted by atomic mass is 9.95. The van der Waals surface area contributed by atoms with E-state index in [9.17, 15) is 23.2 Å². The molecule has 0 spiro atoms. The summed E-state index contributed by atoms with van der Waals surface area (Å²) in [6, 6.07) is 12.4. The Morgan fingerprint density at radius 1 is 0.756 bits per heavy atom. The summed E-state index contributed by atoms with van der Waals surface area (Å²) in [5.41, 5.74) is 1.02. The quantitative estimate of drug-likeness (QED) is 0.354. The number of nitrogens with zero attached hydrogens (tertiary/aromatic N) is 2. The molecule has 6 rings (SSSR count). The van der Waals surface area contributed by atoms with Crippen LogP contribution in [0.5, 0.6) is 0 Å². The van der Waals surface area contributed by atoms with Crippen molar-refractivity contribution in [3.63, 3.8) is 0 Å². The summed E-state index contributed by atoms with van der Waals surface area (Å²) in [5.74, 6) is 0.0106. The second-order valence-electron chi connectivity index (χ2n) is 11.7. The van der Waals surface area contributed by atoms with Gasteiger partial charge in [0, 0.05) is 66.6 Å². The Hall–Kier alpha value is -2.07. The predicted octanol–water partition coefficient (Wildman–Crippen LogP) is 6.05. The van der Waals surface area contributed by atoms with E-state index < -0.39 is 12.1 Å². The summed E-state index contributed by atoms with van der Waals surface area (Å²) in [7, 11) is 0. The zero-order chi connectivity index (χ0) is 29.1. The second kappa shape index (κ2) is 13.5. The lowest BCUT2D eigenvalue weighted by Crippen LogP contribution is -2.52. The number of thioether (sulfide) groups is 1. The van der Waals surface area contributed by atoms with Crippen LogP contribution in [-0.4, -0.2) is 63.2 Å². The smallest absolute Gasteiger partial charge is 0.186 e. The number of piperidine rings is 1. The molecule has 2 atom stereocenters. The Kier molecular flexibility index (Phi) is 10.00. The molecule has 9 heteroatoms. The van der Waals surface area contributed by atoms with Crippen LogP contribution >= 0.6 is 24.4 Å². The molecule has 2 heterocycles. The van der Waals surface area contributed by atoms with Crippen LogP contribution in [0.2, 0.25) is 0 Å². The molecule has 2 aliphatic carbocycles. The van der Waals surface area contributed by atoms with E-state index in [1.807, 2.05) is 4.90 Å². The molecule has 4 fully saturated rings. The number of carbonyl (C=O) groups excluding carboxylic acids is 3. The Morgan fingerprint density at radius 2 is 1.20 bits per heavy atom. The highest BCUT2D eigenvalue weighted by Crippen LogP contribution is 2.41. The molecule has 4 aliphatic rings. The van der Waals surface area contributed by atoms with Gasteiger partial charge in [-0.25, -0.2) is 8.78 Å². The maximum Gasteiger partial charge on any atom is 0.186 e. The first-order chi connectivity index (χ1) is 19.7. The molecule has 2 saturated heterocycles. The van der Waals surface area contributed by atoms with Crippen molar-refractivity contribution >= 4 is 41.1 Å². The van der Waals surface area contributed by atoms with E-state index in [-0.39, 0.29) is 40.2 Å². The molecule has 0 amide bonds. The molecule has 0 bridgehead atoms. The molecule has 0 N–H and O–H groups in total. The van der Waals surface area contributed by atoms with Crippen LogP contribution in [0.25, 0.3) is 0 Å². The van der Waals surface area contributed by atoms with Gasteiger partial charge in [-0.05, 0) is 50.7 Å². The van der Waals surface area contributed by atoms with Crippen LogP contribution in [0.3, 0.4) is 0 Å². The second-order valence-corrected chi connectivity index (χ2v) is 13.9. The molecule has 2 saturated carbocycles. The van der Waals surface area contributed by atoms with E-state index >= 15 is 0 Å². The molecule has 0 radical (unpaired) electrons. The van der Waals surface area contributed by atoms with Gasteiger partial charge >= 0.3 is 0 Å². The summed E-state index contributed by atoms with van der Waals surface area (Å²) in [6.07, 6.45) is 5.52. The molecular formula is C32H38F2N2O3S2. The normalized spacial score (nSPS) is 21.8. The standard InChI is InChI=1S/C18H22FNO2S.C14H16FNOS/c1-12(21)23-14-8-10-20(11-9-14)17(18(22)13-6-7-13)15-4-2-3-5-16(15)19;15-12-4-2-1-3-11(12)13(14(17)9-5-6-9)16-7-10(18)8-16/h2-5,13-14,17H,6-11H2,1H3;1-4,9-10,13,18H,5-8H2. The number of likely N-dealkylation sites (tertiary alicyclic amines) is 2. The maximum absolute atomic E-state index is 14.3. The third kappa shape index (κ3) is 7.66. The van der Waals surface area contributed by atoms with Crippen molar-refractivity contribution in [2.45, 2.75) is 68.0 Å². The van der Waals surface area contributed by atoms with Gasteiger partial charge in [0.05, 0.1) is 12.1 Å². The first-order valence-electron chi connectivity index (χ1n) is 14.6. The number of halogens is 2. The van der Waals surface area contributed by atoms with Crippen LogP contribution < -0.4 is 0 Å². The summed E-state index contributed by atoms with van der Waals surface area (Å²) in [6.45, 7) is 4.60. The number of hydrogen-bond donors (Lipinski definition) is 1. The highest BCUT2D eigenvalue weighted by molar-refractivity contribution is 8.14. The van der Waals surface area contributed by atoms with Crippen molar-refractivity contribution in [3.8, 4) is 0 Å². The molecule has 2 aliphatic heterocycles. The molecule has 2 unspecified atom stereocenters. The monoisotopic (exact) mass is 600 g/mol. The number of carbonyl (C=O) groups is 3. The summed E-state index contributed by atoms with van der Waals surface area (Å²) in [5, 5.41) is 0.774. The molecular weight excluding hydrogens is 562 g/mol. The van der Waals surface area contributed by atoms with Crippen molar-refractivity contribution in [1.82, 2.24) is 9.80 Å². The van der Waals surface area contributed by atoms with Gasteiger partial charge in [-0.15, -0.1) is 0 Å². The fourth-order valence-corrected chi connectivity index (χ4v) is 7.16. The Labute approximate surface area is 250 Å². The fraction of sp³-hybridized carbons (Fsp3) is 0.531. The Morgan fingerprint density at radius 3 is 1.59 bits per heavy atom. The number of thiol groups is 1. The number of ketones is 2. The largest absolute Gasteiger partial charge is 0.297 e. The van der Waals surface area contributed by atoms with Crippen LogP contribution in [0.15, 0.2) is 48.5 Å². The highest BCUT2D eigenvalue weighted by atomic mass is 32.2. The van der Waals surface area contributed by atoms with Gasteiger partial charge in [0.25, 0.3) is 0 Å². The lowest BCUT2D eigenvalue weighted by Gasteiger charge is -2.42. The van der Waals surface area contributed by atoms with Gasteiger partial charge in [-0.3, -0.25) is 24.2 Å². The van der Waals surface area contributed by atoms with Crippen LogP contribution in [0.4, 0.5) is 8.78 Å². The van der Waals surface area contributed by atoms with Gasteiger partial charge in [0.2, 0.25) is 0 Å². The zero-order valence-corrected chi connectivity index (χ0v) is 25.1. The number of benzene rings is 2. The first-order valence-corrected chi connectivity index (χ1v) is 16.0. The molecule has 2 aromatic carbocycles. The van der Waals surface area contributed by atoms with Crippen molar-refractivity contribution < 1.29 is 23.2 Å². The fourth-order valence-electron chi connectivity index (χ4n) is 5.82. The minimum atomic E-state index is -0.466. The van der Waals surface area contributed by atoms with E-state index in [4.69, 9.17) is 0 Å². The minimum Gasteiger partial charge on any atom is -0.297 e. The molecule has 0 aromatic heterocycles.